The number of likely N-dealkylation sites (tertiary alicyclic amines) is 1. The van der Waals surface area contributed by atoms with E-state index in [9.17, 15) is 10.2 Å². The highest BCUT2D eigenvalue weighted by atomic mass is 16.6. The summed E-state index contributed by atoms with van der Waals surface area (Å²) in [6.07, 6.45) is 1.23. The van der Waals surface area contributed by atoms with Gasteiger partial charge in [-0.15, -0.1) is 0 Å². The Bertz CT molecular complexity index is 922. The van der Waals surface area contributed by atoms with Crippen LogP contribution in [0.25, 0.3) is 0 Å². The van der Waals surface area contributed by atoms with E-state index in [0.717, 1.165) is 54.1 Å². The zero-order valence-electron chi connectivity index (χ0n) is 17.3. The molecule has 0 radical (unpaired) electrons. The number of aryl methyl sites for hydroxylation is 1. The maximum absolute atomic E-state index is 10.8. The van der Waals surface area contributed by atoms with Crippen molar-refractivity contribution in [2.45, 2.75) is 44.0 Å². The third-order valence-corrected chi connectivity index (χ3v) is 6.57. The van der Waals surface area contributed by atoms with Crippen molar-refractivity contribution >= 4 is 0 Å². The van der Waals surface area contributed by atoms with E-state index in [0.29, 0.717) is 31.9 Å². The molecule has 30 heavy (non-hydrogen) atoms. The number of aliphatic hydroxyl groups excluding tert-OH is 2. The summed E-state index contributed by atoms with van der Waals surface area (Å²) in [5.41, 5.74) is 2.56. The van der Waals surface area contributed by atoms with Crippen LogP contribution in [0.3, 0.4) is 0 Å². The molecule has 6 nitrogen and oxygen atoms in total. The number of piperidine rings is 1. The molecule has 5 rings (SSSR count). The monoisotopic (exact) mass is 411 g/mol. The van der Waals surface area contributed by atoms with Gasteiger partial charge >= 0.3 is 0 Å². The Hall–Kier alpha value is -2.28. The molecule has 0 unspecified atom stereocenters. The molecule has 1 saturated heterocycles. The summed E-state index contributed by atoms with van der Waals surface area (Å²) in [5, 5.41) is 21.5. The smallest absolute Gasteiger partial charge is 0.161 e. The second kappa shape index (κ2) is 7.76. The first kappa shape index (κ1) is 19.7. The van der Waals surface area contributed by atoms with Gasteiger partial charge in [0.15, 0.2) is 11.5 Å². The second-order valence-electron chi connectivity index (χ2n) is 8.77. The SMILES string of the molecule is Cc1ccc2c(c1)[C@H](O)CC1(CCN(C[C@H](O)c3ccc4c(c3)OCCO4)CC1)O2. The maximum atomic E-state index is 10.8. The van der Waals surface area contributed by atoms with E-state index in [1.54, 1.807) is 0 Å². The quantitative estimate of drug-likeness (QED) is 0.809. The second-order valence-corrected chi connectivity index (χ2v) is 8.77. The molecule has 0 amide bonds. The molecule has 0 bridgehead atoms. The minimum absolute atomic E-state index is 0.319. The van der Waals surface area contributed by atoms with Gasteiger partial charge in [0.1, 0.15) is 24.6 Å². The summed E-state index contributed by atoms with van der Waals surface area (Å²) >= 11 is 0. The van der Waals surface area contributed by atoms with E-state index in [2.05, 4.69) is 4.90 Å². The number of ether oxygens (including phenoxy) is 3. The number of hydrogen-bond acceptors (Lipinski definition) is 6. The Morgan fingerprint density at radius 2 is 1.77 bits per heavy atom. The molecule has 0 aromatic heterocycles. The first-order valence-corrected chi connectivity index (χ1v) is 10.8. The van der Waals surface area contributed by atoms with E-state index >= 15 is 0 Å². The van der Waals surface area contributed by atoms with Gasteiger partial charge in [0.2, 0.25) is 0 Å². The Morgan fingerprint density at radius 3 is 2.57 bits per heavy atom. The van der Waals surface area contributed by atoms with Crippen molar-refractivity contribution in [1.82, 2.24) is 4.90 Å². The standard InChI is InChI=1S/C24H29NO5/c1-16-2-4-21-18(12-16)19(26)14-24(30-21)6-8-25(9-7-24)15-20(27)17-3-5-22-23(13-17)29-11-10-28-22/h2-5,12-13,19-20,26-27H,6-11,14-15H2,1H3/t19-,20+/m1/s1. The van der Waals surface area contributed by atoms with Crippen molar-refractivity contribution in [2.24, 2.45) is 0 Å². The lowest BCUT2D eigenvalue weighted by molar-refractivity contribution is -0.0588. The van der Waals surface area contributed by atoms with Crippen LogP contribution in [0.2, 0.25) is 0 Å². The number of hydrogen-bond donors (Lipinski definition) is 2. The van der Waals surface area contributed by atoms with E-state index in [1.165, 1.54) is 0 Å². The van der Waals surface area contributed by atoms with Crippen LogP contribution in [-0.4, -0.2) is 53.6 Å². The van der Waals surface area contributed by atoms with Crippen molar-refractivity contribution in [3.05, 3.63) is 53.1 Å². The van der Waals surface area contributed by atoms with Crippen molar-refractivity contribution in [3.8, 4) is 17.2 Å². The van der Waals surface area contributed by atoms with Crippen molar-refractivity contribution < 1.29 is 24.4 Å². The fraction of sp³-hybridized carbons (Fsp3) is 0.500. The van der Waals surface area contributed by atoms with Gasteiger partial charge in [0, 0.05) is 31.6 Å². The molecule has 2 aromatic rings. The number of nitrogens with zero attached hydrogens (tertiary/aromatic N) is 1. The van der Waals surface area contributed by atoms with Gasteiger partial charge < -0.3 is 29.3 Å². The molecule has 160 valence electrons. The molecule has 2 aromatic carbocycles. The summed E-state index contributed by atoms with van der Waals surface area (Å²) in [4.78, 5) is 2.27. The summed E-state index contributed by atoms with van der Waals surface area (Å²) in [7, 11) is 0. The highest BCUT2D eigenvalue weighted by Crippen LogP contribution is 2.44. The molecule has 2 atom stereocenters. The van der Waals surface area contributed by atoms with E-state index in [-0.39, 0.29) is 5.60 Å². The van der Waals surface area contributed by atoms with Gasteiger partial charge in [-0.05, 0) is 49.6 Å². The normalized spacial score (nSPS) is 23.5. The van der Waals surface area contributed by atoms with Crippen LogP contribution < -0.4 is 14.2 Å². The van der Waals surface area contributed by atoms with Gasteiger partial charge in [-0.2, -0.15) is 0 Å². The predicted molar refractivity (Wildman–Crippen MR) is 112 cm³/mol. The van der Waals surface area contributed by atoms with Gasteiger partial charge in [0.25, 0.3) is 0 Å². The Morgan fingerprint density at radius 1 is 1.03 bits per heavy atom. The van der Waals surface area contributed by atoms with Crippen molar-refractivity contribution in [2.75, 3.05) is 32.8 Å². The average Bonchev–Trinajstić information content (AvgIpc) is 2.76. The molecular formula is C24H29NO5. The predicted octanol–water partition coefficient (Wildman–Crippen LogP) is 3.15. The molecule has 2 N–H and O–H groups in total. The lowest BCUT2D eigenvalue weighted by Crippen LogP contribution is -2.51. The average molecular weight is 411 g/mol. The number of fused-ring (bicyclic) bond motifs is 2. The van der Waals surface area contributed by atoms with Crippen LogP contribution in [-0.2, 0) is 0 Å². The fourth-order valence-corrected chi connectivity index (χ4v) is 4.82. The first-order valence-electron chi connectivity index (χ1n) is 10.8. The number of aliphatic hydroxyl groups is 2. The minimum atomic E-state index is -0.587. The topological polar surface area (TPSA) is 71.4 Å². The molecule has 3 aliphatic heterocycles. The molecule has 3 heterocycles. The molecule has 0 aliphatic carbocycles. The van der Waals surface area contributed by atoms with Gasteiger partial charge in [-0.1, -0.05) is 17.7 Å². The molecular weight excluding hydrogens is 382 g/mol. The third-order valence-electron chi connectivity index (χ3n) is 6.57. The van der Waals surface area contributed by atoms with Crippen LogP contribution in [0.4, 0.5) is 0 Å². The molecule has 1 fully saturated rings. The maximum Gasteiger partial charge on any atom is 0.161 e. The number of β-amino-alcohol motifs (C(OH)–C–C–N with tert-alkyl or cyclic N) is 1. The summed E-state index contributed by atoms with van der Waals surface area (Å²) in [6, 6.07) is 11.7. The molecule has 0 saturated carbocycles. The zero-order valence-corrected chi connectivity index (χ0v) is 17.3. The molecule has 1 spiro atoms. The number of benzene rings is 2. The first-order chi connectivity index (χ1) is 14.5. The van der Waals surface area contributed by atoms with Gasteiger partial charge in [0.05, 0.1) is 12.2 Å². The minimum Gasteiger partial charge on any atom is -0.487 e. The van der Waals surface area contributed by atoms with Crippen molar-refractivity contribution in [3.63, 3.8) is 0 Å². The van der Waals surface area contributed by atoms with Gasteiger partial charge in [-0.25, -0.2) is 0 Å². The summed E-state index contributed by atoms with van der Waals surface area (Å²) in [5.74, 6) is 2.25. The van der Waals surface area contributed by atoms with E-state index in [4.69, 9.17) is 14.2 Å². The third kappa shape index (κ3) is 3.75. The highest BCUT2D eigenvalue weighted by Gasteiger charge is 2.43. The fourth-order valence-electron chi connectivity index (χ4n) is 4.82. The Kier molecular flexibility index (Phi) is 5.09. The summed E-state index contributed by atoms with van der Waals surface area (Å²) in [6.45, 7) is 5.35. The van der Waals surface area contributed by atoms with Gasteiger partial charge in [-0.3, -0.25) is 0 Å². The summed E-state index contributed by atoms with van der Waals surface area (Å²) < 4.78 is 17.6. The largest absolute Gasteiger partial charge is 0.487 e. The lowest BCUT2D eigenvalue weighted by Gasteiger charge is -2.46. The molecule has 3 aliphatic rings. The van der Waals surface area contributed by atoms with Crippen LogP contribution in [0, 0.1) is 6.92 Å². The van der Waals surface area contributed by atoms with Crippen molar-refractivity contribution in [1.29, 1.82) is 0 Å². The zero-order chi connectivity index (χ0) is 20.7. The van der Waals surface area contributed by atoms with Crippen LogP contribution in [0.15, 0.2) is 36.4 Å². The molecule has 6 heteroatoms. The van der Waals surface area contributed by atoms with Crippen LogP contribution >= 0.6 is 0 Å². The van der Waals surface area contributed by atoms with Crippen LogP contribution in [0.1, 0.15) is 48.2 Å². The van der Waals surface area contributed by atoms with Crippen LogP contribution in [0.5, 0.6) is 17.2 Å². The Labute approximate surface area is 177 Å². The van der Waals surface area contributed by atoms with E-state index < -0.39 is 12.2 Å². The van der Waals surface area contributed by atoms with E-state index in [1.807, 2.05) is 43.3 Å². The lowest BCUT2D eigenvalue weighted by atomic mass is 9.81. The number of rotatable bonds is 3. The Balaban J connectivity index is 1.22. The highest BCUT2D eigenvalue weighted by molar-refractivity contribution is 5.44.